The second kappa shape index (κ2) is 5.80. The lowest BCUT2D eigenvalue weighted by molar-refractivity contribution is 0.0942. The minimum absolute atomic E-state index is 0.131. The first-order chi connectivity index (χ1) is 9.10. The second-order valence-corrected chi connectivity index (χ2v) is 4.69. The number of carbonyl (C=O) groups excluding carboxylic acids is 1. The highest BCUT2D eigenvalue weighted by atomic mass is 35.5. The van der Waals surface area contributed by atoms with Crippen LogP contribution in [0.4, 0.5) is 5.69 Å². The number of nitrogen functional groups attached to an aromatic ring is 1. The maximum Gasteiger partial charge on any atom is 0.268 e. The van der Waals surface area contributed by atoms with Crippen LogP contribution in [0, 0.1) is 0 Å². The molecule has 1 aromatic carbocycles. The van der Waals surface area contributed by atoms with Gasteiger partial charge in [-0.3, -0.25) is 4.79 Å². The van der Waals surface area contributed by atoms with E-state index in [2.05, 4.69) is 5.32 Å². The van der Waals surface area contributed by atoms with Crippen molar-refractivity contribution in [3.63, 3.8) is 0 Å². The zero-order valence-corrected chi connectivity index (χ0v) is 11.4. The van der Waals surface area contributed by atoms with Gasteiger partial charge in [0.1, 0.15) is 5.69 Å². The van der Waals surface area contributed by atoms with Crippen LogP contribution in [-0.4, -0.2) is 10.5 Å². The van der Waals surface area contributed by atoms with Gasteiger partial charge in [0.05, 0.1) is 5.69 Å². The molecule has 0 spiro atoms. The Balaban J connectivity index is 2.03. The van der Waals surface area contributed by atoms with Crippen molar-refractivity contribution in [3.8, 4) is 0 Å². The molecule has 0 aliphatic rings. The summed E-state index contributed by atoms with van der Waals surface area (Å²) < 4.78 is 1.83. The van der Waals surface area contributed by atoms with Crippen LogP contribution in [0.15, 0.2) is 36.5 Å². The average molecular weight is 278 g/mol. The number of nitrogens with one attached hydrogen (secondary N) is 1. The Morgan fingerprint density at radius 3 is 2.68 bits per heavy atom. The molecule has 2 rings (SSSR count). The minimum Gasteiger partial charge on any atom is -0.397 e. The summed E-state index contributed by atoms with van der Waals surface area (Å²) in [6.45, 7) is 3.14. The third-order valence-electron chi connectivity index (χ3n) is 2.86. The fraction of sp³-hybridized carbons (Fsp3) is 0.214. The number of hydrogen-bond donors (Lipinski definition) is 2. The van der Waals surface area contributed by atoms with Crippen molar-refractivity contribution in [2.75, 3.05) is 5.73 Å². The van der Waals surface area contributed by atoms with Crippen LogP contribution in [0.2, 0.25) is 5.02 Å². The van der Waals surface area contributed by atoms with E-state index in [0.29, 0.717) is 29.5 Å². The van der Waals surface area contributed by atoms with E-state index in [9.17, 15) is 4.79 Å². The Bertz CT molecular complexity index is 575. The first-order valence-corrected chi connectivity index (χ1v) is 6.46. The molecule has 0 bridgehead atoms. The Morgan fingerprint density at radius 1 is 1.37 bits per heavy atom. The zero-order valence-electron chi connectivity index (χ0n) is 10.7. The number of anilines is 1. The van der Waals surface area contributed by atoms with Gasteiger partial charge < -0.3 is 15.6 Å². The Labute approximate surface area is 117 Å². The van der Waals surface area contributed by atoms with Gasteiger partial charge >= 0.3 is 0 Å². The molecular weight excluding hydrogens is 262 g/mol. The second-order valence-electron chi connectivity index (χ2n) is 4.25. The predicted molar refractivity (Wildman–Crippen MR) is 77.1 cm³/mol. The van der Waals surface area contributed by atoms with Gasteiger partial charge in [-0.25, -0.2) is 0 Å². The lowest BCUT2D eigenvalue weighted by Gasteiger charge is -2.07. The van der Waals surface area contributed by atoms with E-state index in [1.807, 2.05) is 23.6 Å². The number of nitrogens with zero attached hydrogens (tertiary/aromatic N) is 1. The van der Waals surface area contributed by atoms with Gasteiger partial charge in [0, 0.05) is 24.3 Å². The Hall–Kier alpha value is -1.94. The molecule has 0 aliphatic heterocycles. The fourth-order valence-electron chi connectivity index (χ4n) is 1.86. The van der Waals surface area contributed by atoms with E-state index in [4.69, 9.17) is 17.3 Å². The van der Waals surface area contributed by atoms with Crippen LogP contribution in [-0.2, 0) is 13.1 Å². The maximum absolute atomic E-state index is 12.1. The highest BCUT2D eigenvalue weighted by molar-refractivity contribution is 6.30. The molecule has 0 fully saturated rings. The quantitative estimate of drug-likeness (QED) is 0.903. The van der Waals surface area contributed by atoms with E-state index in [-0.39, 0.29) is 5.91 Å². The summed E-state index contributed by atoms with van der Waals surface area (Å²) in [6, 6.07) is 9.05. The van der Waals surface area contributed by atoms with E-state index >= 15 is 0 Å². The summed E-state index contributed by atoms with van der Waals surface area (Å²) in [5.74, 6) is -0.131. The fourth-order valence-corrected chi connectivity index (χ4v) is 1.99. The third-order valence-corrected chi connectivity index (χ3v) is 3.11. The van der Waals surface area contributed by atoms with Crippen LogP contribution < -0.4 is 11.1 Å². The maximum atomic E-state index is 12.1. The smallest absolute Gasteiger partial charge is 0.268 e. The molecule has 5 heteroatoms. The normalized spacial score (nSPS) is 10.4. The summed E-state index contributed by atoms with van der Waals surface area (Å²) in [5.41, 5.74) is 7.88. The number of halogens is 1. The average Bonchev–Trinajstić information content (AvgIpc) is 2.79. The summed E-state index contributed by atoms with van der Waals surface area (Å²) in [7, 11) is 0. The zero-order chi connectivity index (χ0) is 13.8. The van der Waals surface area contributed by atoms with E-state index in [1.54, 1.807) is 24.4 Å². The number of carbonyl (C=O) groups is 1. The highest BCUT2D eigenvalue weighted by Crippen LogP contribution is 2.12. The van der Waals surface area contributed by atoms with Crippen LogP contribution in [0.3, 0.4) is 0 Å². The van der Waals surface area contributed by atoms with Crippen molar-refractivity contribution in [1.29, 1.82) is 0 Å². The molecule has 0 atom stereocenters. The standard InChI is InChI=1S/C14H16ClN3O/c1-2-18-9-12(16)7-13(18)14(19)17-8-10-3-5-11(15)6-4-10/h3-7,9H,2,8,16H2,1H3,(H,17,19). The summed E-state index contributed by atoms with van der Waals surface area (Å²) >= 11 is 5.81. The summed E-state index contributed by atoms with van der Waals surface area (Å²) in [5, 5.41) is 3.55. The van der Waals surface area contributed by atoms with E-state index in [0.717, 1.165) is 5.56 Å². The topological polar surface area (TPSA) is 60.0 Å². The Kier molecular flexibility index (Phi) is 4.12. The Morgan fingerprint density at radius 2 is 2.05 bits per heavy atom. The van der Waals surface area contributed by atoms with Crippen LogP contribution >= 0.6 is 11.6 Å². The molecule has 0 unspecified atom stereocenters. The van der Waals surface area contributed by atoms with Crippen LogP contribution in [0.25, 0.3) is 0 Å². The van der Waals surface area contributed by atoms with Crippen molar-refractivity contribution in [1.82, 2.24) is 9.88 Å². The van der Waals surface area contributed by atoms with E-state index in [1.165, 1.54) is 0 Å². The molecule has 1 amide bonds. The minimum atomic E-state index is -0.131. The number of rotatable bonds is 4. The summed E-state index contributed by atoms with van der Waals surface area (Å²) in [4.78, 5) is 12.1. The van der Waals surface area contributed by atoms with Gasteiger partial charge in [-0.1, -0.05) is 23.7 Å². The molecule has 0 aliphatic carbocycles. The van der Waals surface area contributed by atoms with Gasteiger partial charge in [0.15, 0.2) is 0 Å². The molecule has 1 heterocycles. The predicted octanol–water partition coefficient (Wildman–Crippen LogP) is 2.67. The highest BCUT2D eigenvalue weighted by Gasteiger charge is 2.11. The van der Waals surface area contributed by atoms with Gasteiger partial charge in [0.2, 0.25) is 0 Å². The lowest BCUT2D eigenvalue weighted by Crippen LogP contribution is -2.25. The molecule has 4 nitrogen and oxygen atoms in total. The molecular formula is C14H16ClN3O. The number of amides is 1. The van der Waals surface area contributed by atoms with Crippen molar-refractivity contribution >= 4 is 23.2 Å². The van der Waals surface area contributed by atoms with Crippen molar-refractivity contribution in [2.45, 2.75) is 20.0 Å². The van der Waals surface area contributed by atoms with Crippen molar-refractivity contribution in [2.24, 2.45) is 0 Å². The first-order valence-electron chi connectivity index (χ1n) is 6.08. The van der Waals surface area contributed by atoms with Crippen LogP contribution in [0.1, 0.15) is 23.0 Å². The van der Waals surface area contributed by atoms with Gasteiger partial charge in [0.25, 0.3) is 5.91 Å². The molecule has 0 radical (unpaired) electrons. The summed E-state index contributed by atoms with van der Waals surface area (Å²) in [6.07, 6.45) is 1.76. The molecule has 2 aromatic rings. The van der Waals surface area contributed by atoms with Gasteiger partial charge in [-0.15, -0.1) is 0 Å². The van der Waals surface area contributed by atoms with Crippen molar-refractivity contribution < 1.29 is 4.79 Å². The monoisotopic (exact) mass is 277 g/mol. The molecule has 100 valence electrons. The molecule has 0 saturated carbocycles. The lowest BCUT2D eigenvalue weighted by atomic mass is 10.2. The number of nitrogens with two attached hydrogens (primary N) is 1. The SMILES string of the molecule is CCn1cc(N)cc1C(=O)NCc1ccc(Cl)cc1. The molecule has 19 heavy (non-hydrogen) atoms. The number of aryl methyl sites for hydroxylation is 1. The van der Waals surface area contributed by atoms with E-state index < -0.39 is 0 Å². The number of aromatic nitrogens is 1. The third kappa shape index (κ3) is 3.29. The first kappa shape index (κ1) is 13.5. The van der Waals surface area contributed by atoms with Crippen molar-refractivity contribution in [3.05, 3.63) is 52.8 Å². The number of hydrogen-bond acceptors (Lipinski definition) is 2. The molecule has 1 aromatic heterocycles. The van der Waals surface area contributed by atoms with Gasteiger partial charge in [-0.2, -0.15) is 0 Å². The largest absolute Gasteiger partial charge is 0.397 e. The molecule has 3 N–H and O–H groups in total. The number of benzene rings is 1. The molecule has 0 saturated heterocycles. The van der Waals surface area contributed by atoms with Gasteiger partial charge in [-0.05, 0) is 30.7 Å². The van der Waals surface area contributed by atoms with Crippen LogP contribution in [0.5, 0.6) is 0 Å².